The second-order valence-corrected chi connectivity index (χ2v) is 9.20. The molecule has 3 rings (SSSR count). The number of rotatable bonds is 12. The first-order valence-electron chi connectivity index (χ1n) is 13.4. The highest BCUT2D eigenvalue weighted by molar-refractivity contribution is 5.95. The van der Waals surface area contributed by atoms with Crippen LogP contribution in [0.2, 0.25) is 0 Å². The molecule has 2 aromatic carbocycles. The molecule has 1 heterocycles. The predicted octanol–water partition coefficient (Wildman–Crippen LogP) is 4.55. The van der Waals surface area contributed by atoms with Crippen molar-refractivity contribution in [2.75, 3.05) is 27.9 Å². The second-order valence-electron chi connectivity index (χ2n) is 9.20. The van der Waals surface area contributed by atoms with Gasteiger partial charge >= 0.3 is 5.97 Å². The lowest BCUT2D eigenvalue weighted by molar-refractivity contribution is -0.141. The van der Waals surface area contributed by atoms with Crippen molar-refractivity contribution in [2.45, 2.75) is 46.6 Å². The van der Waals surface area contributed by atoms with Gasteiger partial charge in [-0.3, -0.25) is 14.4 Å². The Bertz CT molecular complexity index is 1280. The number of ether oxygens (including phenoxy) is 3. The number of halogens is 1. The normalized spacial score (nSPS) is 11.1. The van der Waals surface area contributed by atoms with Gasteiger partial charge in [0.25, 0.3) is 5.91 Å². The van der Waals surface area contributed by atoms with E-state index in [0.29, 0.717) is 34.9 Å². The molecule has 3 aromatic rings. The van der Waals surface area contributed by atoms with Gasteiger partial charge in [0.2, 0.25) is 5.91 Å². The van der Waals surface area contributed by atoms with Crippen molar-refractivity contribution < 1.29 is 33.0 Å². The summed E-state index contributed by atoms with van der Waals surface area (Å²) < 4.78 is 30.9. The summed E-state index contributed by atoms with van der Waals surface area (Å²) in [7, 11) is 4.27. The van der Waals surface area contributed by atoms with Crippen LogP contribution in [0.1, 0.15) is 51.0 Å². The molecule has 0 saturated heterocycles. The van der Waals surface area contributed by atoms with Crippen molar-refractivity contribution in [3.05, 3.63) is 60.0 Å². The molecule has 0 aliphatic heterocycles. The van der Waals surface area contributed by atoms with Crippen molar-refractivity contribution in [1.82, 2.24) is 20.4 Å². The van der Waals surface area contributed by atoms with E-state index in [9.17, 15) is 18.8 Å². The topological polar surface area (TPSA) is 121 Å². The summed E-state index contributed by atoms with van der Waals surface area (Å²) in [6, 6.07) is 12.0. The van der Waals surface area contributed by atoms with Crippen LogP contribution < -0.4 is 20.1 Å². The van der Waals surface area contributed by atoms with Crippen LogP contribution in [0, 0.1) is 11.7 Å². The fourth-order valence-electron chi connectivity index (χ4n) is 4.11. The monoisotopic (exact) mass is 570 g/mol. The minimum absolute atomic E-state index is 0.0349. The maximum Gasteiger partial charge on any atom is 0.325 e. The molecule has 0 fully saturated rings. The van der Waals surface area contributed by atoms with E-state index in [1.54, 1.807) is 36.4 Å². The fourth-order valence-corrected chi connectivity index (χ4v) is 4.11. The van der Waals surface area contributed by atoms with E-state index in [-0.39, 0.29) is 24.6 Å². The minimum Gasteiger partial charge on any atom is -0.496 e. The maximum absolute atomic E-state index is 13.7. The van der Waals surface area contributed by atoms with Crippen LogP contribution in [0.5, 0.6) is 11.5 Å². The van der Waals surface area contributed by atoms with Gasteiger partial charge in [-0.15, -0.1) is 0 Å². The number of aromatic nitrogens is 2. The van der Waals surface area contributed by atoms with Crippen LogP contribution in [0.3, 0.4) is 0 Å². The third kappa shape index (κ3) is 9.06. The highest BCUT2D eigenvalue weighted by Gasteiger charge is 2.25. The van der Waals surface area contributed by atoms with E-state index < -0.39 is 29.6 Å². The van der Waals surface area contributed by atoms with Gasteiger partial charge in [0, 0.05) is 12.5 Å². The molecular weight excluding hydrogens is 531 g/mol. The van der Waals surface area contributed by atoms with E-state index in [0.717, 1.165) is 0 Å². The van der Waals surface area contributed by atoms with Gasteiger partial charge < -0.3 is 24.8 Å². The molecule has 1 atom stereocenters. The van der Waals surface area contributed by atoms with Gasteiger partial charge in [-0.25, -0.2) is 9.07 Å². The van der Waals surface area contributed by atoms with E-state index in [4.69, 9.17) is 9.47 Å². The number of methoxy groups -OCH3 is 3. The number of carbonyl (C=O) groups is 3. The molecule has 0 saturated carbocycles. The summed E-state index contributed by atoms with van der Waals surface area (Å²) in [4.78, 5) is 37.2. The van der Waals surface area contributed by atoms with Gasteiger partial charge in [0.1, 0.15) is 23.9 Å². The van der Waals surface area contributed by atoms with Gasteiger partial charge in [-0.05, 0) is 54.8 Å². The number of amides is 2. The Kier molecular flexibility index (Phi) is 12.8. The van der Waals surface area contributed by atoms with Crippen molar-refractivity contribution in [3.63, 3.8) is 0 Å². The van der Waals surface area contributed by atoms with E-state index >= 15 is 0 Å². The fraction of sp³-hybridized carbons (Fsp3) is 0.400. The van der Waals surface area contributed by atoms with E-state index in [2.05, 4.69) is 20.5 Å². The molecule has 2 N–H and O–H groups in total. The quantitative estimate of drug-likeness (QED) is 0.307. The first kappa shape index (κ1) is 32.8. The van der Waals surface area contributed by atoms with E-state index in [1.165, 1.54) is 38.1 Å². The summed E-state index contributed by atoms with van der Waals surface area (Å²) in [6.45, 7) is 7.69. The number of carbonyl (C=O) groups excluding carboxylic acids is 3. The molecule has 10 nitrogen and oxygen atoms in total. The largest absolute Gasteiger partial charge is 0.496 e. The molecule has 1 unspecified atom stereocenters. The summed E-state index contributed by atoms with van der Waals surface area (Å²) in [5, 5.41) is 9.91. The van der Waals surface area contributed by atoms with Gasteiger partial charge in [-0.1, -0.05) is 33.8 Å². The van der Waals surface area contributed by atoms with Crippen LogP contribution in [-0.4, -0.2) is 61.5 Å². The molecule has 0 radical (unpaired) electrons. The first-order chi connectivity index (χ1) is 19.7. The van der Waals surface area contributed by atoms with Crippen molar-refractivity contribution in [3.8, 4) is 28.4 Å². The van der Waals surface area contributed by atoms with Crippen molar-refractivity contribution in [1.29, 1.82) is 0 Å². The lowest BCUT2D eigenvalue weighted by atomic mass is 10.0. The van der Waals surface area contributed by atoms with Crippen LogP contribution in [-0.2, 0) is 14.3 Å². The van der Waals surface area contributed by atoms with Crippen LogP contribution in [0.15, 0.2) is 48.5 Å². The summed E-state index contributed by atoms with van der Waals surface area (Å²) >= 11 is 0. The standard InChI is InChI=1S/C28H33FN4O6.C2H6/c1-17(2)13-19(14-25(34)30-16-26(35)39-5)31-28(36)21-15-22(27-23(37-3)7-6-8-24(27)38-4)33(32-21)20-11-9-18(29)10-12-20;1-2/h6-12,15,17,19H,13-14,16H2,1-5H3,(H,30,34)(H,31,36);1-2H3. The number of hydrogen-bond acceptors (Lipinski definition) is 7. The predicted molar refractivity (Wildman–Crippen MR) is 154 cm³/mol. The molecule has 0 spiro atoms. The number of nitrogens with one attached hydrogen (secondary N) is 2. The van der Waals surface area contributed by atoms with Gasteiger partial charge in [-0.2, -0.15) is 5.10 Å². The smallest absolute Gasteiger partial charge is 0.325 e. The number of esters is 1. The number of benzene rings is 2. The van der Waals surface area contributed by atoms with Gasteiger partial charge in [0.15, 0.2) is 5.69 Å². The van der Waals surface area contributed by atoms with Gasteiger partial charge in [0.05, 0.1) is 38.3 Å². The third-order valence-electron chi connectivity index (χ3n) is 5.88. The lowest BCUT2D eigenvalue weighted by Crippen LogP contribution is -2.41. The Balaban J connectivity index is 0.00000287. The molecule has 0 aliphatic rings. The Hall–Kier alpha value is -4.41. The maximum atomic E-state index is 13.7. The molecule has 0 aliphatic carbocycles. The second kappa shape index (κ2) is 16.0. The van der Waals surface area contributed by atoms with Crippen molar-refractivity contribution >= 4 is 17.8 Å². The highest BCUT2D eigenvalue weighted by Crippen LogP contribution is 2.39. The molecule has 11 heteroatoms. The zero-order valence-corrected chi connectivity index (χ0v) is 24.6. The number of nitrogens with zero attached hydrogens (tertiary/aromatic N) is 2. The average molecular weight is 571 g/mol. The Morgan fingerprint density at radius 3 is 2.12 bits per heavy atom. The molecule has 1 aromatic heterocycles. The summed E-state index contributed by atoms with van der Waals surface area (Å²) in [6.07, 6.45) is 0.482. The third-order valence-corrected chi connectivity index (χ3v) is 5.88. The molecule has 41 heavy (non-hydrogen) atoms. The molecule has 2 amide bonds. The number of hydrogen-bond donors (Lipinski definition) is 2. The van der Waals surface area contributed by atoms with E-state index in [1.807, 2.05) is 27.7 Å². The zero-order valence-electron chi connectivity index (χ0n) is 24.6. The minimum atomic E-state index is -0.571. The molecule has 0 bridgehead atoms. The molecule has 222 valence electrons. The Labute approximate surface area is 240 Å². The van der Waals surface area contributed by atoms with Crippen LogP contribution >= 0.6 is 0 Å². The lowest BCUT2D eigenvalue weighted by Gasteiger charge is -2.19. The Morgan fingerprint density at radius 1 is 0.976 bits per heavy atom. The Morgan fingerprint density at radius 2 is 1.59 bits per heavy atom. The SMILES string of the molecule is CC.COC(=O)CNC(=O)CC(CC(C)C)NC(=O)c1cc(-c2c(OC)cccc2OC)n(-c2ccc(F)cc2)n1. The molecular formula is C30H39FN4O6. The first-order valence-corrected chi connectivity index (χ1v) is 13.4. The zero-order chi connectivity index (χ0) is 30.5. The summed E-state index contributed by atoms with van der Waals surface area (Å²) in [5.74, 6) is -0.733. The van der Waals surface area contributed by atoms with Crippen molar-refractivity contribution in [2.24, 2.45) is 5.92 Å². The highest BCUT2D eigenvalue weighted by atomic mass is 19.1. The summed E-state index contributed by atoms with van der Waals surface area (Å²) in [5.41, 5.74) is 1.63. The van der Waals surface area contributed by atoms with Crippen LogP contribution in [0.25, 0.3) is 16.9 Å². The average Bonchev–Trinajstić information content (AvgIpc) is 3.41. The van der Waals surface area contributed by atoms with Crippen LogP contribution in [0.4, 0.5) is 4.39 Å².